The van der Waals surface area contributed by atoms with Gasteiger partial charge in [0.05, 0.1) is 12.2 Å². The van der Waals surface area contributed by atoms with Crippen LogP contribution in [0.2, 0.25) is 0 Å². The molecule has 2 N–H and O–H groups in total. The molecule has 7 nitrogen and oxygen atoms in total. The first-order valence-corrected chi connectivity index (χ1v) is 11.3. The van der Waals surface area contributed by atoms with E-state index in [1.54, 1.807) is 48.5 Å². The van der Waals surface area contributed by atoms with Gasteiger partial charge in [0.25, 0.3) is 10.0 Å². The van der Waals surface area contributed by atoms with Crippen LogP contribution in [0.5, 0.6) is 0 Å². The lowest BCUT2D eigenvalue weighted by molar-refractivity contribution is -0.114. The van der Waals surface area contributed by atoms with Crippen molar-refractivity contribution < 1.29 is 18.0 Å². The third kappa shape index (κ3) is 4.26. The van der Waals surface area contributed by atoms with Gasteiger partial charge in [0.2, 0.25) is 11.7 Å². The summed E-state index contributed by atoms with van der Waals surface area (Å²) in [5.74, 6) is -0.754. The van der Waals surface area contributed by atoms with E-state index in [1.807, 2.05) is 30.3 Å². The number of Topliss-reactive ketones (excluding diaryl/α,β-unsaturated/α-hetero) is 1. The quantitative estimate of drug-likeness (QED) is 0.574. The fourth-order valence-corrected chi connectivity index (χ4v) is 4.97. The van der Waals surface area contributed by atoms with Crippen molar-refractivity contribution in [3.8, 4) is 0 Å². The number of carbonyl (C=O) groups excluding carboxylic acids is 2. The van der Waals surface area contributed by atoms with Crippen LogP contribution in [0.1, 0.15) is 22.8 Å². The highest BCUT2D eigenvalue weighted by Crippen LogP contribution is 2.36. The highest BCUT2D eigenvalue weighted by atomic mass is 32.2. The number of benzene rings is 3. The maximum absolute atomic E-state index is 13.4. The molecule has 4 rings (SSSR count). The van der Waals surface area contributed by atoms with Crippen LogP contribution < -0.4 is 14.9 Å². The van der Waals surface area contributed by atoms with E-state index in [1.165, 1.54) is 17.4 Å². The fourth-order valence-electron chi connectivity index (χ4n) is 3.44. The first-order chi connectivity index (χ1) is 15.4. The Kier molecular flexibility index (Phi) is 5.79. The van der Waals surface area contributed by atoms with E-state index in [4.69, 9.17) is 0 Å². The van der Waals surface area contributed by atoms with Gasteiger partial charge in [0, 0.05) is 30.1 Å². The van der Waals surface area contributed by atoms with Gasteiger partial charge in [-0.05, 0) is 42.0 Å². The molecule has 1 aliphatic rings. The lowest BCUT2D eigenvalue weighted by Crippen LogP contribution is -2.39. The molecule has 162 valence electrons. The van der Waals surface area contributed by atoms with Crippen LogP contribution in [0.4, 0.5) is 17.1 Å². The molecule has 0 spiro atoms. The lowest BCUT2D eigenvalue weighted by atomic mass is 10.1. The first kappa shape index (κ1) is 21.3. The lowest BCUT2D eigenvalue weighted by Gasteiger charge is -2.31. The molecule has 0 aliphatic carbocycles. The van der Waals surface area contributed by atoms with E-state index in [0.29, 0.717) is 22.6 Å². The molecule has 1 heterocycles. The van der Waals surface area contributed by atoms with Crippen molar-refractivity contribution in [1.82, 2.24) is 0 Å². The Balaban J connectivity index is 1.69. The molecular weight excluding hydrogens is 426 g/mol. The number of hydrogen-bond donors (Lipinski definition) is 2. The molecule has 3 aromatic rings. The standard InChI is InChI=1S/C24H21N3O4S/c1-17(28)26-20-13-11-19(12-14-20)25-15-23-24(29)21-9-5-6-10-22(21)27(32(23,30)31)16-18-7-3-2-4-8-18/h2-15,25H,16H2,1H3,(H,26,28)/b23-15+. The van der Waals surface area contributed by atoms with Gasteiger partial charge >= 0.3 is 0 Å². The number of fused-ring (bicyclic) bond motifs is 1. The third-order valence-electron chi connectivity index (χ3n) is 4.95. The molecule has 3 aromatic carbocycles. The minimum atomic E-state index is -4.09. The van der Waals surface area contributed by atoms with Gasteiger partial charge in [-0.1, -0.05) is 42.5 Å². The molecule has 0 atom stereocenters. The van der Waals surface area contributed by atoms with Crippen molar-refractivity contribution in [3.05, 3.63) is 101 Å². The van der Waals surface area contributed by atoms with Crippen LogP contribution in [-0.2, 0) is 21.4 Å². The first-order valence-electron chi connectivity index (χ1n) is 9.91. The van der Waals surface area contributed by atoms with Crippen LogP contribution in [0.15, 0.2) is 90.0 Å². The number of ketones is 1. The van der Waals surface area contributed by atoms with Crippen LogP contribution in [0, 0.1) is 0 Å². The predicted octanol–water partition coefficient (Wildman–Crippen LogP) is 4.13. The number of para-hydroxylation sites is 1. The summed E-state index contributed by atoms with van der Waals surface area (Å²) in [5, 5.41) is 5.55. The molecule has 1 amide bonds. The monoisotopic (exact) mass is 447 g/mol. The second-order valence-corrected chi connectivity index (χ2v) is 9.09. The Bertz CT molecular complexity index is 1300. The molecule has 32 heavy (non-hydrogen) atoms. The Labute approximate surface area is 186 Å². The van der Waals surface area contributed by atoms with Crippen molar-refractivity contribution >= 4 is 38.8 Å². The highest BCUT2D eigenvalue weighted by molar-refractivity contribution is 7.97. The predicted molar refractivity (Wildman–Crippen MR) is 125 cm³/mol. The molecule has 0 aromatic heterocycles. The summed E-state index contributed by atoms with van der Waals surface area (Å²) in [6.45, 7) is 1.52. The van der Waals surface area contributed by atoms with Gasteiger partial charge in [-0.3, -0.25) is 13.9 Å². The number of sulfonamides is 1. The Morgan fingerprint density at radius 1 is 0.906 bits per heavy atom. The minimum Gasteiger partial charge on any atom is -0.360 e. The summed E-state index contributed by atoms with van der Waals surface area (Å²) in [6, 6.07) is 22.6. The molecular formula is C24H21N3O4S. The number of hydrogen-bond acceptors (Lipinski definition) is 5. The maximum atomic E-state index is 13.4. The zero-order valence-electron chi connectivity index (χ0n) is 17.3. The van der Waals surface area contributed by atoms with Gasteiger partial charge in [0.15, 0.2) is 4.91 Å². The van der Waals surface area contributed by atoms with Crippen molar-refractivity contribution in [2.45, 2.75) is 13.5 Å². The summed E-state index contributed by atoms with van der Waals surface area (Å²) in [4.78, 5) is 23.9. The van der Waals surface area contributed by atoms with E-state index < -0.39 is 15.8 Å². The number of nitrogens with zero attached hydrogens (tertiary/aromatic N) is 1. The molecule has 8 heteroatoms. The van der Waals surface area contributed by atoms with Gasteiger partial charge in [-0.2, -0.15) is 0 Å². The molecule has 0 saturated carbocycles. The Morgan fingerprint density at radius 3 is 2.22 bits per heavy atom. The molecule has 0 unspecified atom stereocenters. The van der Waals surface area contributed by atoms with Crippen molar-refractivity contribution in [3.63, 3.8) is 0 Å². The SMILES string of the molecule is CC(=O)Nc1ccc(N/C=C2\C(=O)c3ccccc3N(Cc3ccccc3)S2(=O)=O)cc1. The van der Waals surface area contributed by atoms with Crippen molar-refractivity contribution in [1.29, 1.82) is 0 Å². The second-order valence-electron chi connectivity index (χ2n) is 7.26. The van der Waals surface area contributed by atoms with E-state index in [2.05, 4.69) is 10.6 Å². The summed E-state index contributed by atoms with van der Waals surface area (Å²) in [7, 11) is -4.09. The molecule has 0 fully saturated rings. The number of rotatable bonds is 5. The fraction of sp³-hybridized carbons (Fsp3) is 0.0833. The smallest absolute Gasteiger partial charge is 0.270 e. The van der Waals surface area contributed by atoms with Crippen LogP contribution in [0.25, 0.3) is 0 Å². The summed E-state index contributed by atoms with van der Waals surface area (Å²) < 4.78 is 28.1. The van der Waals surface area contributed by atoms with Crippen LogP contribution in [-0.4, -0.2) is 20.1 Å². The largest absolute Gasteiger partial charge is 0.360 e. The van der Waals surface area contributed by atoms with Crippen LogP contribution in [0.3, 0.4) is 0 Å². The van der Waals surface area contributed by atoms with Gasteiger partial charge in [-0.15, -0.1) is 0 Å². The van der Waals surface area contributed by atoms with Crippen LogP contribution >= 0.6 is 0 Å². The average Bonchev–Trinajstić information content (AvgIpc) is 2.78. The Morgan fingerprint density at radius 2 is 1.53 bits per heavy atom. The normalized spacial score (nSPS) is 15.8. The van der Waals surface area contributed by atoms with Gasteiger partial charge < -0.3 is 10.6 Å². The maximum Gasteiger partial charge on any atom is 0.270 e. The van der Waals surface area contributed by atoms with E-state index in [9.17, 15) is 18.0 Å². The molecule has 1 aliphatic heterocycles. The highest BCUT2D eigenvalue weighted by Gasteiger charge is 2.39. The average molecular weight is 448 g/mol. The minimum absolute atomic E-state index is 0.107. The van der Waals surface area contributed by atoms with E-state index in [0.717, 1.165) is 5.56 Å². The molecule has 0 saturated heterocycles. The third-order valence-corrected chi connectivity index (χ3v) is 6.72. The number of anilines is 3. The summed E-state index contributed by atoms with van der Waals surface area (Å²) >= 11 is 0. The zero-order valence-corrected chi connectivity index (χ0v) is 18.1. The number of carbonyl (C=O) groups is 2. The summed E-state index contributed by atoms with van der Waals surface area (Å²) in [5.41, 5.74) is 2.68. The van der Waals surface area contributed by atoms with E-state index in [-0.39, 0.29) is 17.4 Å². The van der Waals surface area contributed by atoms with E-state index >= 15 is 0 Å². The van der Waals surface area contributed by atoms with Gasteiger partial charge in [0.1, 0.15) is 0 Å². The topological polar surface area (TPSA) is 95.6 Å². The number of amides is 1. The molecule has 0 bridgehead atoms. The number of nitrogens with one attached hydrogen (secondary N) is 2. The molecule has 0 radical (unpaired) electrons. The van der Waals surface area contributed by atoms with Crippen molar-refractivity contribution in [2.75, 3.05) is 14.9 Å². The zero-order chi connectivity index (χ0) is 22.7. The Hall–Kier alpha value is -3.91. The number of allylic oxidation sites excluding steroid dienone is 1. The van der Waals surface area contributed by atoms with Gasteiger partial charge in [-0.25, -0.2) is 8.42 Å². The summed E-state index contributed by atoms with van der Waals surface area (Å²) in [6.07, 6.45) is 1.22. The van der Waals surface area contributed by atoms with Crippen molar-refractivity contribution in [2.24, 2.45) is 0 Å². The second kappa shape index (κ2) is 8.68.